The molecule has 0 unspecified atom stereocenters. The van der Waals surface area contributed by atoms with Crippen molar-refractivity contribution in [3.63, 3.8) is 0 Å². The summed E-state index contributed by atoms with van der Waals surface area (Å²) in [4.78, 5) is 0. The molecule has 2 nitrogen and oxygen atoms in total. The van der Waals surface area contributed by atoms with E-state index in [9.17, 15) is 0 Å². The Balaban J connectivity index is 2.72. The van der Waals surface area contributed by atoms with Crippen molar-refractivity contribution in [2.45, 2.75) is 36.3 Å². The highest BCUT2D eigenvalue weighted by Gasteiger charge is 2.32. The topological polar surface area (TPSA) is 21.6 Å². The van der Waals surface area contributed by atoms with Gasteiger partial charge < -0.3 is 4.74 Å². The Morgan fingerprint density at radius 1 is 1.39 bits per heavy atom. The van der Waals surface area contributed by atoms with Gasteiger partial charge in [-0.25, -0.2) is 0 Å². The first-order valence-corrected chi connectivity index (χ1v) is 10.4. The molecule has 0 atom stereocenters. The second kappa shape index (κ2) is 6.46. The molecule has 102 valence electrons. The molecule has 0 aromatic rings. The largest absolute Gasteiger partial charge is 0.474 e. The van der Waals surface area contributed by atoms with Crippen LogP contribution in [0.5, 0.6) is 0 Å². The fourth-order valence-corrected chi connectivity index (χ4v) is 2.76. The Kier molecular flexibility index (Phi) is 5.78. The summed E-state index contributed by atoms with van der Waals surface area (Å²) in [6.07, 6.45) is 8.19. The number of hydrogen-bond acceptors (Lipinski definition) is 2. The predicted molar refractivity (Wildman–Crippen MR) is 83.5 cm³/mol. The zero-order valence-corrected chi connectivity index (χ0v) is 14.1. The van der Waals surface area contributed by atoms with Crippen LogP contribution in [-0.2, 0) is 4.74 Å². The molecule has 0 aliphatic heterocycles. The van der Waals surface area contributed by atoms with Crippen molar-refractivity contribution >= 4 is 48.9 Å². The van der Waals surface area contributed by atoms with Gasteiger partial charge in [-0.2, -0.15) is 0 Å². The van der Waals surface area contributed by atoms with Gasteiger partial charge in [0.25, 0.3) is 3.79 Å². The zero-order valence-electron chi connectivity index (χ0n) is 10.8. The average molecular weight is 327 g/mol. The molecule has 0 fully saturated rings. The fourth-order valence-electron chi connectivity index (χ4n) is 1.42. The third-order valence-corrected chi connectivity index (χ3v) is 3.53. The quantitative estimate of drug-likeness (QED) is 0.313. The minimum atomic E-state index is -1.74. The molecule has 18 heavy (non-hydrogen) atoms. The summed E-state index contributed by atoms with van der Waals surface area (Å²) in [5, 5.41) is 0. The van der Waals surface area contributed by atoms with Crippen LogP contribution in [0.2, 0.25) is 19.6 Å². The van der Waals surface area contributed by atoms with Crippen molar-refractivity contribution in [2.24, 2.45) is 4.66 Å². The van der Waals surface area contributed by atoms with Crippen molar-refractivity contribution < 1.29 is 4.74 Å². The smallest absolute Gasteiger partial charge is 0.265 e. The maximum absolute atomic E-state index is 5.89. The van der Waals surface area contributed by atoms with Crippen LogP contribution in [0.1, 0.15) is 12.8 Å². The lowest BCUT2D eigenvalue weighted by Crippen LogP contribution is -2.30. The van der Waals surface area contributed by atoms with Gasteiger partial charge >= 0.3 is 0 Å². The van der Waals surface area contributed by atoms with E-state index in [2.05, 4.69) is 30.4 Å². The maximum Gasteiger partial charge on any atom is 0.265 e. The number of nitrogens with zero attached hydrogens (tertiary/aromatic N) is 1. The molecule has 0 radical (unpaired) electrons. The van der Waals surface area contributed by atoms with Crippen LogP contribution in [0.15, 0.2) is 28.5 Å². The first-order valence-electron chi connectivity index (χ1n) is 5.83. The van der Waals surface area contributed by atoms with Crippen LogP contribution < -0.4 is 0 Å². The van der Waals surface area contributed by atoms with Gasteiger partial charge in [-0.1, -0.05) is 53.0 Å². The molecule has 6 heteroatoms. The summed E-state index contributed by atoms with van der Waals surface area (Å²) in [6, 6.07) is 0. The standard InChI is InChI=1S/C12H18Cl3NOSi/c1-18(2,3)16-11(12(13,14)15)17-9-10-7-5-4-6-8-10/h4-5,7H,6,8-9H2,1-3H3/b16-11-. The summed E-state index contributed by atoms with van der Waals surface area (Å²) in [5.41, 5.74) is 1.19. The zero-order chi connectivity index (χ0) is 13.8. The van der Waals surface area contributed by atoms with E-state index in [1.54, 1.807) is 0 Å². The molecule has 0 amide bonds. The molecule has 0 N–H and O–H groups in total. The molecule has 0 spiro atoms. The maximum atomic E-state index is 5.89. The van der Waals surface area contributed by atoms with Crippen molar-refractivity contribution in [3.8, 4) is 0 Å². The number of halogens is 3. The predicted octanol–water partition coefficient (Wildman–Crippen LogP) is 4.88. The van der Waals surface area contributed by atoms with Crippen LogP contribution in [0.3, 0.4) is 0 Å². The van der Waals surface area contributed by atoms with E-state index in [0.29, 0.717) is 6.61 Å². The van der Waals surface area contributed by atoms with E-state index in [-0.39, 0.29) is 5.90 Å². The lowest BCUT2D eigenvalue weighted by molar-refractivity contribution is 0.329. The second-order valence-corrected chi connectivity index (χ2v) is 12.0. The van der Waals surface area contributed by atoms with Gasteiger partial charge in [-0.05, 0) is 38.1 Å². The van der Waals surface area contributed by atoms with Crippen molar-refractivity contribution in [3.05, 3.63) is 23.8 Å². The first kappa shape index (κ1) is 16.1. The summed E-state index contributed by atoms with van der Waals surface area (Å²) >= 11 is 17.7. The van der Waals surface area contributed by atoms with E-state index in [4.69, 9.17) is 39.5 Å². The fraction of sp³-hybridized carbons (Fsp3) is 0.583. The lowest BCUT2D eigenvalue weighted by atomic mass is 10.1. The number of ether oxygens (including phenoxy) is 1. The Morgan fingerprint density at radius 2 is 2.06 bits per heavy atom. The number of rotatable bonds is 3. The van der Waals surface area contributed by atoms with Crippen LogP contribution >= 0.6 is 34.8 Å². The SMILES string of the molecule is C[Si](C)(C)/N=C(\OCC1=CC=CCC1)C(Cl)(Cl)Cl. The molecule has 0 heterocycles. The lowest BCUT2D eigenvalue weighted by Gasteiger charge is -2.21. The number of allylic oxidation sites excluding steroid dienone is 3. The summed E-state index contributed by atoms with van der Waals surface area (Å²) in [5.74, 6) is 0.210. The van der Waals surface area contributed by atoms with Gasteiger partial charge in [0.2, 0.25) is 5.90 Å². The average Bonchev–Trinajstić information content (AvgIpc) is 2.22. The minimum absolute atomic E-state index is 0.210. The molecule has 0 bridgehead atoms. The summed E-state index contributed by atoms with van der Waals surface area (Å²) in [6.45, 7) is 6.63. The molecule has 0 aromatic carbocycles. The Bertz CT molecular complexity index is 378. The van der Waals surface area contributed by atoms with E-state index in [1.165, 1.54) is 5.57 Å². The Labute approximate surface area is 125 Å². The van der Waals surface area contributed by atoms with Crippen molar-refractivity contribution in [2.75, 3.05) is 6.61 Å². The molecule has 1 aliphatic carbocycles. The minimum Gasteiger partial charge on any atom is -0.474 e. The van der Waals surface area contributed by atoms with Crippen LogP contribution in [0.25, 0.3) is 0 Å². The summed E-state index contributed by atoms with van der Waals surface area (Å²) in [7, 11) is -1.74. The molecular formula is C12H18Cl3NOSi. The van der Waals surface area contributed by atoms with Gasteiger partial charge in [-0.15, -0.1) is 0 Å². The molecular weight excluding hydrogens is 309 g/mol. The number of alkyl halides is 3. The monoisotopic (exact) mass is 325 g/mol. The van der Waals surface area contributed by atoms with Crippen molar-refractivity contribution in [1.29, 1.82) is 0 Å². The van der Waals surface area contributed by atoms with E-state index in [0.717, 1.165) is 12.8 Å². The Hall–Kier alpha value is 0.0369. The molecule has 0 saturated carbocycles. The summed E-state index contributed by atoms with van der Waals surface area (Å²) < 4.78 is 8.47. The van der Waals surface area contributed by atoms with E-state index in [1.807, 2.05) is 12.2 Å². The molecule has 0 aromatic heterocycles. The molecule has 0 saturated heterocycles. The highest BCUT2D eigenvalue weighted by atomic mass is 35.6. The van der Waals surface area contributed by atoms with Crippen LogP contribution in [0, 0.1) is 0 Å². The van der Waals surface area contributed by atoms with Gasteiger partial charge in [0.05, 0.1) is 0 Å². The van der Waals surface area contributed by atoms with Gasteiger partial charge in [-0.3, -0.25) is 4.66 Å². The second-order valence-electron chi connectivity index (χ2n) is 5.17. The third-order valence-electron chi connectivity index (χ3n) is 2.17. The highest BCUT2D eigenvalue weighted by molar-refractivity contribution is 6.80. The molecule has 1 aliphatic rings. The first-order chi connectivity index (χ1) is 8.18. The van der Waals surface area contributed by atoms with Crippen molar-refractivity contribution in [1.82, 2.24) is 0 Å². The highest BCUT2D eigenvalue weighted by Crippen LogP contribution is 2.30. The number of hydrogen-bond donors (Lipinski definition) is 0. The van der Waals surface area contributed by atoms with Crippen LogP contribution in [0.4, 0.5) is 0 Å². The third kappa shape index (κ3) is 6.28. The molecule has 1 rings (SSSR count). The van der Waals surface area contributed by atoms with E-state index >= 15 is 0 Å². The normalized spacial score (nSPS) is 17.7. The Morgan fingerprint density at radius 3 is 2.50 bits per heavy atom. The van der Waals surface area contributed by atoms with Crippen LogP contribution in [-0.4, -0.2) is 24.5 Å². The van der Waals surface area contributed by atoms with Gasteiger partial charge in [0, 0.05) is 0 Å². The van der Waals surface area contributed by atoms with Gasteiger partial charge in [0.15, 0.2) is 8.24 Å². The van der Waals surface area contributed by atoms with E-state index < -0.39 is 12.0 Å². The van der Waals surface area contributed by atoms with Gasteiger partial charge in [0.1, 0.15) is 6.61 Å².